The van der Waals surface area contributed by atoms with E-state index in [2.05, 4.69) is 0 Å². The molecule has 15 heavy (non-hydrogen) atoms. The average Bonchev–Trinajstić information content (AvgIpc) is 2.26. The van der Waals surface area contributed by atoms with Gasteiger partial charge in [-0.05, 0) is 0 Å². The second-order valence-corrected chi connectivity index (χ2v) is 5.15. The predicted octanol–water partition coefficient (Wildman–Crippen LogP) is 1.98. The number of benzene rings is 1. The van der Waals surface area contributed by atoms with E-state index in [9.17, 15) is 12.8 Å². The standard InChI is InChI=1S/C10H10FNO2S/c11-10(9-5-2-1-3-6-9)15(13,14)8-4-7-12/h1-3,5-6,10H,4,8H2. The Morgan fingerprint density at radius 2 is 1.93 bits per heavy atom. The molecule has 0 amide bonds. The molecule has 0 spiro atoms. The highest BCUT2D eigenvalue weighted by Crippen LogP contribution is 2.24. The molecule has 1 rings (SSSR count). The molecular formula is C10H10FNO2S. The van der Waals surface area contributed by atoms with Gasteiger partial charge < -0.3 is 0 Å². The van der Waals surface area contributed by atoms with E-state index in [-0.39, 0.29) is 12.0 Å². The summed E-state index contributed by atoms with van der Waals surface area (Å²) in [6.45, 7) is 0. The molecule has 1 unspecified atom stereocenters. The zero-order valence-corrected chi connectivity index (χ0v) is 8.74. The maximum absolute atomic E-state index is 13.5. The van der Waals surface area contributed by atoms with Crippen LogP contribution in [0.3, 0.4) is 0 Å². The summed E-state index contributed by atoms with van der Waals surface area (Å²) in [5, 5.41) is 8.25. The Bertz CT molecular complexity index is 450. The number of alkyl halides is 1. The molecule has 1 atom stereocenters. The van der Waals surface area contributed by atoms with Crippen LogP contribution in [0.4, 0.5) is 4.39 Å². The van der Waals surface area contributed by atoms with E-state index >= 15 is 0 Å². The topological polar surface area (TPSA) is 57.9 Å². The average molecular weight is 227 g/mol. The summed E-state index contributed by atoms with van der Waals surface area (Å²) < 4.78 is 36.3. The Hall–Kier alpha value is -1.41. The number of sulfone groups is 1. The monoisotopic (exact) mass is 227 g/mol. The first-order chi connectivity index (χ1) is 7.08. The van der Waals surface area contributed by atoms with Gasteiger partial charge in [-0.1, -0.05) is 30.3 Å². The van der Waals surface area contributed by atoms with Gasteiger partial charge in [0.15, 0.2) is 9.84 Å². The van der Waals surface area contributed by atoms with Crippen LogP contribution in [-0.4, -0.2) is 14.2 Å². The van der Waals surface area contributed by atoms with Crippen molar-refractivity contribution >= 4 is 9.84 Å². The highest BCUT2D eigenvalue weighted by Gasteiger charge is 2.25. The van der Waals surface area contributed by atoms with Crippen LogP contribution in [-0.2, 0) is 9.84 Å². The second-order valence-electron chi connectivity index (χ2n) is 3.00. The molecule has 80 valence electrons. The fourth-order valence-electron chi connectivity index (χ4n) is 1.10. The smallest absolute Gasteiger partial charge is 0.225 e. The largest absolute Gasteiger partial charge is 0.225 e. The summed E-state index contributed by atoms with van der Waals surface area (Å²) in [4.78, 5) is 0. The lowest BCUT2D eigenvalue weighted by atomic mass is 10.2. The third kappa shape index (κ3) is 3.03. The molecule has 0 aliphatic carbocycles. The molecule has 0 aromatic heterocycles. The molecule has 0 aliphatic heterocycles. The van der Waals surface area contributed by atoms with E-state index in [1.165, 1.54) is 12.1 Å². The number of hydrogen-bond donors (Lipinski definition) is 0. The van der Waals surface area contributed by atoms with Crippen molar-refractivity contribution in [2.45, 2.75) is 11.9 Å². The van der Waals surface area contributed by atoms with Crippen LogP contribution in [0.25, 0.3) is 0 Å². The molecule has 0 N–H and O–H groups in total. The van der Waals surface area contributed by atoms with Gasteiger partial charge in [0.05, 0.1) is 11.8 Å². The molecule has 0 heterocycles. The normalized spacial score (nSPS) is 13.1. The first-order valence-corrected chi connectivity index (χ1v) is 6.07. The van der Waals surface area contributed by atoms with Crippen molar-refractivity contribution in [2.24, 2.45) is 0 Å². The van der Waals surface area contributed by atoms with Crippen LogP contribution in [0.15, 0.2) is 30.3 Å². The fourth-order valence-corrected chi connectivity index (χ4v) is 2.26. The van der Waals surface area contributed by atoms with E-state index in [4.69, 9.17) is 5.26 Å². The summed E-state index contributed by atoms with van der Waals surface area (Å²) in [7, 11) is -3.86. The van der Waals surface area contributed by atoms with E-state index in [1.807, 2.05) is 0 Å². The van der Waals surface area contributed by atoms with Crippen LogP contribution < -0.4 is 0 Å². The number of nitrogens with zero attached hydrogens (tertiary/aromatic N) is 1. The molecule has 0 saturated carbocycles. The van der Waals surface area contributed by atoms with Crippen molar-refractivity contribution in [1.29, 1.82) is 5.26 Å². The zero-order chi connectivity index (χ0) is 11.3. The molecule has 0 aliphatic rings. The van der Waals surface area contributed by atoms with Gasteiger partial charge in [0.2, 0.25) is 5.50 Å². The Balaban J connectivity index is 2.86. The summed E-state index contributed by atoms with van der Waals surface area (Å²) in [5.41, 5.74) is -1.93. The lowest BCUT2D eigenvalue weighted by molar-refractivity contribution is 0.431. The van der Waals surface area contributed by atoms with Crippen molar-refractivity contribution in [3.05, 3.63) is 35.9 Å². The van der Waals surface area contributed by atoms with Gasteiger partial charge in [0, 0.05) is 12.0 Å². The minimum atomic E-state index is -3.86. The van der Waals surface area contributed by atoms with Gasteiger partial charge in [-0.2, -0.15) is 5.26 Å². The Morgan fingerprint density at radius 3 is 2.47 bits per heavy atom. The number of rotatable bonds is 4. The van der Waals surface area contributed by atoms with E-state index in [0.29, 0.717) is 0 Å². The van der Waals surface area contributed by atoms with Crippen molar-refractivity contribution in [2.75, 3.05) is 5.75 Å². The van der Waals surface area contributed by atoms with Gasteiger partial charge in [0.1, 0.15) is 0 Å². The third-order valence-corrected chi connectivity index (χ3v) is 3.55. The SMILES string of the molecule is N#CCCS(=O)(=O)C(F)c1ccccc1. The minimum absolute atomic E-state index is 0.107. The molecule has 1 aromatic rings. The lowest BCUT2D eigenvalue weighted by Gasteiger charge is -2.08. The highest BCUT2D eigenvalue weighted by molar-refractivity contribution is 7.91. The highest BCUT2D eigenvalue weighted by atomic mass is 32.2. The Morgan fingerprint density at radius 1 is 1.33 bits per heavy atom. The number of halogens is 1. The minimum Gasteiger partial charge on any atom is -0.225 e. The first kappa shape index (κ1) is 11.7. The Labute approximate surface area is 88.1 Å². The molecule has 0 radical (unpaired) electrons. The lowest BCUT2D eigenvalue weighted by Crippen LogP contribution is -2.12. The molecule has 5 heteroatoms. The van der Waals surface area contributed by atoms with Crippen molar-refractivity contribution < 1.29 is 12.8 Å². The van der Waals surface area contributed by atoms with Gasteiger partial charge in [-0.3, -0.25) is 0 Å². The molecule has 0 fully saturated rings. The maximum atomic E-state index is 13.5. The molecule has 1 aromatic carbocycles. The van der Waals surface area contributed by atoms with Crippen LogP contribution in [0.5, 0.6) is 0 Å². The van der Waals surface area contributed by atoms with Crippen LogP contribution in [0.1, 0.15) is 17.5 Å². The summed E-state index contributed by atoms with van der Waals surface area (Å²) in [6.07, 6.45) is -0.185. The quantitative estimate of drug-likeness (QED) is 0.790. The molecule has 3 nitrogen and oxygen atoms in total. The van der Waals surface area contributed by atoms with E-state index in [0.717, 1.165) is 0 Å². The van der Waals surface area contributed by atoms with E-state index < -0.39 is 21.1 Å². The molecule has 0 saturated heterocycles. The number of nitriles is 1. The fraction of sp³-hybridized carbons (Fsp3) is 0.300. The third-order valence-electron chi connectivity index (χ3n) is 1.88. The first-order valence-electron chi connectivity index (χ1n) is 4.35. The van der Waals surface area contributed by atoms with Gasteiger partial charge in [0.25, 0.3) is 0 Å². The van der Waals surface area contributed by atoms with Gasteiger partial charge in [-0.25, -0.2) is 12.8 Å². The van der Waals surface area contributed by atoms with Crippen molar-refractivity contribution in [3.8, 4) is 6.07 Å². The predicted molar refractivity (Wildman–Crippen MR) is 54.3 cm³/mol. The van der Waals surface area contributed by atoms with Crippen molar-refractivity contribution in [3.63, 3.8) is 0 Å². The van der Waals surface area contributed by atoms with E-state index in [1.54, 1.807) is 24.3 Å². The molecular weight excluding hydrogens is 217 g/mol. The molecule has 0 bridgehead atoms. The maximum Gasteiger partial charge on any atom is 0.225 e. The van der Waals surface area contributed by atoms with Crippen LogP contribution >= 0.6 is 0 Å². The van der Waals surface area contributed by atoms with Crippen LogP contribution in [0.2, 0.25) is 0 Å². The van der Waals surface area contributed by atoms with Crippen molar-refractivity contribution in [1.82, 2.24) is 0 Å². The van der Waals surface area contributed by atoms with Gasteiger partial charge >= 0.3 is 0 Å². The summed E-state index contributed by atoms with van der Waals surface area (Å²) >= 11 is 0. The Kier molecular flexibility index (Phi) is 3.81. The van der Waals surface area contributed by atoms with Crippen LogP contribution in [0, 0.1) is 11.3 Å². The number of hydrogen-bond acceptors (Lipinski definition) is 3. The van der Waals surface area contributed by atoms with Gasteiger partial charge in [-0.15, -0.1) is 0 Å². The summed E-state index contributed by atoms with van der Waals surface area (Å²) in [5.74, 6) is -0.445. The second kappa shape index (κ2) is 4.89. The summed E-state index contributed by atoms with van der Waals surface area (Å²) in [6, 6.07) is 9.33. The zero-order valence-electron chi connectivity index (χ0n) is 7.93.